The van der Waals surface area contributed by atoms with E-state index in [2.05, 4.69) is 27.3 Å². The zero-order valence-electron chi connectivity index (χ0n) is 14.4. The van der Waals surface area contributed by atoms with Gasteiger partial charge in [-0.05, 0) is 36.8 Å². The zero-order valence-corrected chi connectivity index (χ0v) is 14.4. The predicted octanol–water partition coefficient (Wildman–Crippen LogP) is 3.48. The summed E-state index contributed by atoms with van der Waals surface area (Å²) in [4.78, 5) is 8.64. The van der Waals surface area contributed by atoms with Crippen molar-refractivity contribution in [1.29, 1.82) is 0 Å². The molecule has 0 aliphatic rings. The summed E-state index contributed by atoms with van der Waals surface area (Å²) in [6.07, 6.45) is 3.18. The molecule has 4 aromatic rings. The number of anilines is 1. The molecule has 6 heteroatoms. The first-order valence-electron chi connectivity index (χ1n) is 8.45. The van der Waals surface area contributed by atoms with Crippen LogP contribution in [0.25, 0.3) is 16.6 Å². The summed E-state index contributed by atoms with van der Waals surface area (Å²) in [6, 6.07) is 18.0. The van der Waals surface area contributed by atoms with Gasteiger partial charge in [0.15, 0.2) is 0 Å². The lowest BCUT2D eigenvalue weighted by Gasteiger charge is -2.18. The van der Waals surface area contributed by atoms with Crippen molar-refractivity contribution in [1.82, 2.24) is 19.7 Å². The van der Waals surface area contributed by atoms with E-state index in [1.807, 2.05) is 54.6 Å². The van der Waals surface area contributed by atoms with Crippen LogP contribution in [0.3, 0.4) is 0 Å². The number of hydrogen-bond acceptors (Lipinski definition) is 5. The van der Waals surface area contributed by atoms with Gasteiger partial charge in [-0.1, -0.05) is 30.3 Å². The van der Waals surface area contributed by atoms with Gasteiger partial charge in [-0.2, -0.15) is 5.10 Å². The summed E-state index contributed by atoms with van der Waals surface area (Å²) in [5, 5.41) is 18.3. The Morgan fingerprint density at radius 3 is 2.65 bits per heavy atom. The molecule has 0 spiro atoms. The van der Waals surface area contributed by atoms with E-state index in [-0.39, 0.29) is 12.6 Å². The molecule has 0 radical (unpaired) electrons. The van der Waals surface area contributed by atoms with E-state index in [9.17, 15) is 5.11 Å². The number of fused-ring (bicyclic) bond motifs is 1. The number of nitrogens with zero attached hydrogens (tertiary/aromatic N) is 4. The largest absolute Gasteiger partial charge is 0.392 e. The summed E-state index contributed by atoms with van der Waals surface area (Å²) in [5.41, 5.74) is 3.77. The van der Waals surface area contributed by atoms with Crippen LogP contribution in [-0.4, -0.2) is 24.9 Å². The molecule has 130 valence electrons. The summed E-state index contributed by atoms with van der Waals surface area (Å²) >= 11 is 0. The van der Waals surface area contributed by atoms with E-state index < -0.39 is 0 Å². The molecule has 1 atom stereocenters. The van der Waals surface area contributed by atoms with Gasteiger partial charge in [0.2, 0.25) is 0 Å². The molecule has 0 saturated heterocycles. The first-order valence-corrected chi connectivity index (χ1v) is 8.45. The maximum Gasteiger partial charge on any atom is 0.138 e. The number of aliphatic hydroxyl groups excluding tert-OH is 1. The van der Waals surface area contributed by atoms with Gasteiger partial charge in [-0.3, -0.25) is 0 Å². The van der Waals surface area contributed by atoms with E-state index in [0.29, 0.717) is 5.82 Å². The van der Waals surface area contributed by atoms with Crippen LogP contribution < -0.4 is 5.32 Å². The molecular weight excluding hydrogens is 326 g/mol. The molecule has 0 bridgehead atoms. The molecule has 0 amide bonds. The average molecular weight is 345 g/mol. The number of rotatable bonds is 5. The van der Waals surface area contributed by atoms with Crippen LogP contribution in [0, 0.1) is 0 Å². The second-order valence-corrected chi connectivity index (χ2v) is 6.14. The van der Waals surface area contributed by atoms with Gasteiger partial charge in [0.1, 0.15) is 18.5 Å². The van der Waals surface area contributed by atoms with Crippen molar-refractivity contribution in [2.45, 2.75) is 19.6 Å². The highest BCUT2D eigenvalue weighted by Crippen LogP contribution is 2.25. The van der Waals surface area contributed by atoms with Crippen molar-refractivity contribution in [2.24, 2.45) is 0 Å². The second kappa shape index (κ2) is 6.93. The second-order valence-electron chi connectivity index (χ2n) is 6.14. The topological polar surface area (TPSA) is 75.9 Å². The Hall–Kier alpha value is -3.25. The molecular formula is C20H19N5O. The first-order chi connectivity index (χ1) is 12.7. The fraction of sp³-hybridized carbons (Fsp3) is 0.150. The Balaban J connectivity index is 1.59. The molecule has 26 heavy (non-hydrogen) atoms. The Bertz CT molecular complexity index is 1010. The van der Waals surface area contributed by atoms with E-state index in [4.69, 9.17) is 0 Å². The van der Waals surface area contributed by atoms with Crippen LogP contribution in [0.1, 0.15) is 24.1 Å². The highest BCUT2D eigenvalue weighted by atomic mass is 16.3. The Morgan fingerprint density at radius 1 is 1.12 bits per heavy atom. The number of pyridine rings is 1. The highest BCUT2D eigenvalue weighted by molar-refractivity contribution is 5.81. The van der Waals surface area contributed by atoms with E-state index >= 15 is 0 Å². The minimum Gasteiger partial charge on any atom is -0.392 e. The standard InChI is InChI=1S/C20H19N5O/c1-14(15-6-8-18(9-7-15)25-13-21-12-22-25)23-20-17(11-26)10-16-4-2-3-5-19(16)24-20/h2-10,12-14,26H,11H2,1H3,(H,23,24)/t14-/m0/s1. The first kappa shape index (κ1) is 16.2. The normalized spacial score (nSPS) is 12.2. The minimum absolute atomic E-state index is 0.0405. The molecule has 6 nitrogen and oxygen atoms in total. The van der Waals surface area contributed by atoms with Gasteiger partial charge in [-0.15, -0.1) is 0 Å². The van der Waals surface area contributed by atoms with E-state index in [0.717, 1.165) is 27.7 Å². The lowest BCUT2D eigenvalue weighted by molar-refractivity contribution is 0.282. The van der Waals surface area contributed by atoms with Crippen LogP contribution >= 0.6 is 0 Å². The monoisotopic (exact) mass is 345 g/mol. The zero-order chi connectivity index (χ0) is 17.9. The number of hydrogen-bond donors (Lipinski definition) is 2. The third kappa shape index (κ3) is 3.14. The Morgan fingerprint density at radius 2 is 1.92 bits per heavy atom. The molecule has 2 heterocycles. The van der Waals surface area contributed by atoms with Crippen LogP contribution in [0.4, 0.5) is 5.82 Å². The number of para-hydroxylation sites is 1. The number of aromatic nitrogens is 4. The third-order valence-corrected chi connectivity index (χ3v) is 4.40. The van der Waals surface area contributed by atoms with Gasteiger partial charge < -0.3 is 10.4 Å². The van der Waals surface area contributed by atoms with Crippen LogP contribution in [-0.2, 0) is 6.61 Å². The number of aliphatic hydroxyl groups is 1. The smallest absolute Gasteiger partial charge is 0.138 e. The van der Waals surface area contributed by atoms with Crippen molar-refractivity contribution in [2.75, 3.05) is 5.32 Å². The van der Waals surface area contributed by atoms with Gasteiger partial charge >= 0.3 is 0 Å². The molecule has 2 aromatic heterocycles. The van der Waals surface area contributed by atoms with Gasteiger partial charge in [0.05, 0.1) is 17.8 Å². The van der Waals surface area contributed by atoms with Gasteiger partial charge in [-0.25, -0.2) is 14.6 Å². The summed E-state index contributed by atoms with van der Waals surface area (Å²) < 4.78 is 1.72. The van der Waals surface area contributed by atoms with Crippen LogP contribution in [0.15, 0.2) is 67.3 Å². The molecule has 0 saturated carbocycles. The van der Waals surface area contributed by atoms with Crippen molar-refractivity contribution in [3.63, 3.8) is 0 Å². The number of benzene rings is 2. The predicted molar refractivity (Wildman–Crippen MR) is 101 cm³/mol. The average Bonchev–Trinajstić information content (AvgIpc) is 3.22. The molecule has 4 rings (SSSR count). The fourth-order valence-electron chi connectivity index (χ4n) is 2.95. The molecule has 0 unspecified atom stereocenters. The van der Waals surface area contributed by atoms with Crippen molar-refractivity contribution >= 4 is 16.7 Å². The molecule has 0 aliphatic carbocycles. The van der Waals surface area contributed by atoms with Gasteiger partial charge in [0, 0.05) is 17.0 Å². The van der Waals surface area contributed by atoms with E-state index in [1.165, 1.54) is 6.33 Å². The van der Waals surface area contributed by atoms with Crippen LogP contribution in [0.5, 0.6) is 0 Å². The van der Waals surface area contributed by atoms with Crippen molar-refractivity contribution in [3.8, 4) is 5.69 Å². The molecule has 0 aliphatic heterocycles. The van der Waals surface area contributed by atoms with Gasteiger partial charge in [0.25, 0.3) is 0 Å². The number of nitrogens with one attached hydrogen (secondary N) is 1. The van der Waals surface area contributed by atoms with Crippen molar-refractivity contribution in [3.05, 3.63) is 78.4 Å². The molecule has 2 N–H and O–H groups in total. The molecule has 0 fully saturated rings. The summed E-state index contributed by atoms with van der Waals surface area (Å²) in [7, 11) is 0. The van der Waals surface area contributed by atoms with Crippen LogP contribution in [0.2, 0.25) is 0 Å². The third-order valence-electron chi connectivity index (χ3n) is 4.40. The molecule has 2 aromatic carbocycles. The Kier molecular flexibility index (Phi) is 4.33. The highest BCUT2D eigenvalue weighted by Gasteiger charge is 2.11. The van der Waals surface area contributed by atoms with Crippen molar-refractivity contribution < 1.29 is 5.11 Å². The maximum atomic E-state index is 9.71. The SMILES string of the molecule is C[C@H](Nc1nc2ccccc2cc1CO)c1ccc(-n2cncn2)cc1. The minimum atomic E-state index is -0.0574. The lowest BCUT2D eigenvalue weighted by Crippen LogP contribution is -2.10. The summed E-state index contributed by atoms with van der Waals surface area (Å²) in [5.74, 6) is 0.707. The Labute approximate surface area is 151 Å². The fourth-order valence-corrected chi connectivity index (χ4v) is 2.95. The summed E-state index contributed by atoms with van der Waals surface area (Å²) in [6.45, 7) is 2.01. The maximum absolute atomic E-state index is 9.71. The lowest BCUT2D eigenvalue weighted by atomic mass is 10.1. The van der Waals surface area contributed by atoms with E-state index in [1.54, 1.807) is 11.0 Å². The quantitative estimate of drug-likeness (QED) is 0.579.